The first-order valence-electron chi connectivity index (χ1n) is 4.18. The van der Waals surface area contributed by atoms with E-state index >= 15 is 0 Å². The Bertz CT molecular complexity index is 314. The zero-order chi connectivity index (χ0) is 9.68. The monoisotopic (exact) mass is 195 g/mol. The highest BCUT2D eigenvalue weighted by atomic mass is 32.1. The Balaban J connectivity index is 2.39. The number of rotatable bonds is 3. The van der Waals surface area contributed by atoms with E-state index in [0.29, 0.717) is 6.54 Å². The molecule has 0 aliphatic heterocycles. The highest BCUT2D eigenvalue weighted by Gasteiger charge is 1.97. The Hall–Kier alpha value is -1.09. The summed E-state index contributed by atoms with van der Waals surface area (Å²) in [5, 5.41) is 2.80. The van der Waals surface area contributed by atoms with Crippen molar-refractivity contribution in [2.45, 2.75) is 20.4 Å². The van der Waals surface area contributed by atoms with E-state index in [1.807, 2.05) is 13.0 Å². The lowest BCUT2D eigenvalue weighted by Gasteiger charge is -1.97. The van der Waals surface area contributed by atoms with Crippen molar-refractivity contribution in [1.82, 2.24) is 5.32 Å². The van der Waals surface area contributed by atoms with Crippen LogP contribution in [0.4, 0.5) is 0 Å². The quantitative estimate of drug-likeness (QED) is 0.736. The van der Waals surface area contributed by atoms with Gasteiger partial charge in [0.25, 0.3) is 0 Å². The largest absolute Gasteiger partial charge is 0.348 e. The molecule has 13 heavy (non-hydrogen) atoms. The van der Waals surface area contributed by atoms with Gasteiger partial charge in [-0.1, -0.05) is 6.08 Å². The fourth-order valence-corrected chi connectivity index (χ4v) is 1.79. The summed E-state index contributed by atoms with van der Waals surface area (Å²) in [6.45, 7) is 4.51. The highest BCUT2D eigenvalue weighted by Crippen LogP contribution is 2.14. The molecule has 1 aromatic rings. The molecule has 2 nitrogen and oxygen atoms in total. The summed E-state index contributed by atoms with van der Waals surface area (Å²) in [6, 6.07) is 4.09. The second kappa shape index (κ2) is 4.82. The fraction of sp³-hybridized carbons (Fsp3) is 0.300. The van der Waals surface area contributed by atoms with Gasteiger partial charge in [-0.05, 0) is 32.1 Å². The van der Waals surface area contributed by atoms with Crippen molar-refractivity contribution in [3.05, 3.63) is 34.0 Å². The summed E-state index contributed by atoms with van der Waals surface area (Å²) in [6.07, 6.45) is 3.26. The summed E-state index contributed by atoms with van der Waals surface area (Å²) in [7, 11) is 0. The lowest BCUT2D eigenvalue weighted by molar-refractivity contribution is -0.116. The number of carbonyl (C=O) groups excluding carboxylic acids is 1. The number of amides is 1. The van der Waals surface area contributed by atoms with Crippen molar-refractivity contribution in [1.29, 1.82) is 0 Å². The van der Waals surface area contributed by atoms with Crippen LogP contribution in [0.3, 0.4) is 0 Å². The predicted molar refractivity (Wildman–Crippen MR) is 55.7 cm³/mol. The van der Waals surface area contributed by atoms with Crippen molar-refractivity contribution >= 4 is 17.2 Å². The van der Waals surface area contributed by atoms with Gasteiger partial charge in [0.2, 0.25) is 5.91 Å². The Kier molecular flexibility index (Phi) is 3.71. The molecule has 70 valence electrons. The van der Waals surface area contributed by atoms with Gasteiger partial charge >= 0.3 is 0 Å². The van der Waals surface area contributed by atoms with Gasteiger partial charge in [-0.3, -0.25) is 4.79 Å². The second-order valence-corrected chi connectivity index (χ2v) is 4.10. The molecule has 0 aliphatic carbocycles. The molecule has 1 rings (SSSR count). The van der Waals surface area contributed by atoms with Gasteiger partial charge < -0.3 is 5.32 Å². The molecule has 0 fully saturated rings. The van der Waals surface area contributed by atoms with E-state index in [1.165, 1.54) is 15.8 Å². The smallest absolute Gasteiger partial charge is 0.243 e. The van der Waals surface area contributed by atoms with Crippen LogP contribution >= 0.6 is 11.3 Å². The third kappa shape index (κ3) is 3.42. The van der Waals surface area contributed by atoms with Crippen molar-refractivity contribution < 1.29 is 4.79 Å². The number of aryl methyl sites for hydroxylation is 1. The third-order valence-electron chi connectivity index (χ3n) is 1.55. The number of hydrogen-bond acceptors (Lipinski definition) is 2. The van der Waals surface area contributed by atoms with Gasteiger partial charge in [-0.15, -0.1) is 11.3 Å². The molecule has 1 N–H and O–H groups in total. The van der Waals surface area contributed by atoms with Gasteiger partial charge in [0.15, 0.2) is 0 Å². The van der Waals surface area contributed by atoms with Crippen LogP contribution in [0.5, 0.6) is 0 Å². The summed E-state index contributed by atoms with van der Waals surface area (Å²) in [5.41, 5.74) is 0. The minimum absolute atomic E-state index is 0.0337. The Labute approximate surface area is 82.3 Å². The Morgan fingerprint density at radius 1 is 1.62 bits per heavy atom. The molecule has 0 aliphatic rings. The molecule has 0 aromatic carbocycles. The van der Waals surface area contributed by atoms with Crippen LogP contribution in [0.1, 0.15) is 16.7 Å². The first-order valence-corrected chi connectivity index (χ1v) is 5.00. The number of hydrogen-bond donors (Lipinski definition) is 1. The van der Waals surface area contributed by atoms with Crippen molar-refractivity contribution in [2.24, 2.45) is 0 Å². The molecule has 3 heteroatoms. The van der Waals surface area contributed by atoms with Crippen LogP contribution < -0.4 is 5.32 Å². The number of carbonyl (C=O) groups is 1. The SMILES string of the molecule is C/C=C/C(=O)NCc1ccc(C)s1. The molecule has 1 aromatic heterocycles. The van der Waals surface area contributed by atoms with E-state index in [1.54, 1.807) is 17.4 Å². The molecule has 1 heterocycles. The molecular weight excluding hydrogens is 182 g/mol. The van der Waals surface area contributed by atoms with E-state index in [2.05, 4.69) is 18.3 Å². The van der Waals surface area contributed by atoms with E-state index in [4.69, 9.17) is 0 Å². The molecule has 0 bridgehead atoms. The van der Waals surface area contributed by atoms with Gasteiger partial charge in [0, 0.05) is 9.75 Å². The van der Waals surface area contributed by atoms with Gasteiger partial charge in [0.05, 0.1) is 6.54 Å². The van der Waals surface area contributed by atoms with Crippen molar-refractivity contribution in [3.63, 3.8) is 0 Å². The van der Waals surface area contributed by atoms with Crippen LogP contribution in [0.2, 0.25) is 0 Å². The molecule has 1 amide bonds. The summed E-state index contributed by atoms with van der Waals surface area (Å²) >= 11 is 1.71. The fourth-order valence-electron chi connectivity index (χ4n) is 0.965. The minimum atomic E-state index is -0.0337. The molecular formula is C10H13NOS. The minimum Gasteiger partial charge on any atom is -0.348 e. The molecule has 0 spiro atoms. The first kappa shape index (κ1) is 9.99. The summed E-state index contributed by atoms with van der Waals surface area (Å²) in [4.78, 5) is 13.5. The molecule has 0 unspecified atom stereocenters. The van der Waals surface area contributed by atoms with E-state index in [0.717, 1.165) is 0 Å². The van der Waals surface area contributed by atoms with E-state index < -0.39 is 0 Å². The second-order valence-electron chi connectivity index (χ2n) is 2.73. The average molecular weight is 195 g/mol. The molecule has 0 saturated carbocycles. The summed E-state index contributed by atoms with van der Waals surface area (Å²) < 4.78 is 0. The summed E-state index contributed by atoms with van der Waals surface area (Å²) in [5.74, 6) is -0.0337. The molecule has 0 radical (unpaired) electrons. The maximum atomic E-state index is 11.0. The van der Waals surface area contributed by atoms with E-state index in [9.17, 15) is 4.79 Å². The highest BCUT2D eigenvalue weighted by molar-refractivity contribution is 7.11. The zero-order valence-electron chi connectivity index (χ0n) is 7.83. The molecule has 0 atom stereocenters. The lowest BCUT2D eigenvalue weighted by Crippen LogP contribution is -2.19. The van der Waals surface area contributed by atoms with Gasteiger partial charge in [0.1, 0.15) is 0 Å². The topological polar surface area (TPSA) is 29.1 Å². The van der Waals surface area contributed by atoms with Crippen LogP contribution in [0.15, 0.2) is 24.3 Å². The average Bonchev–Trinajstić information content (AvgIpc) is 2.49. The first-order chi connectivity index (χ1) is 6.22. The van der Waals surface area contributed by atoms with Crippen LogP contribution in [-0.2, 0) is 11.3 Å². The predicted octanol–water partition coefficient (Wildman–Crippen LogP) is 2.25. The van der Waals surface area contributed by atoms with Gasteiger partial charge in [-0.25, -0.2) is 0 Å². The maximum Gasteiger partial charge on any atom is 0.243 e. The normalized spacial score (nSPS) is 10.6. The van der Waals surface area contributed by atoms with Crippen LogP contribution in [0, 0.1) is 6.92 Å². The standard InChI is InChI=1S/C10H13NOS/c1-3-4-10(12)11-7-9-6-5-8(2)13-9/h3-6H,7H2,1-2H3,(H,11,12)/b4-3+. The number of thiophene rings is 1. The Morgan fingerprint density at radius 2 is 2.38 bits per heavy atom. The van der Waals surface area contributed by atoms with E-state index in [-0.39, 0.29) is 5.91 Å². The zero-order valence-corrected chi connectivity index (χ0v) is 8.65. The number of nitrogens with one attached hydrogen (secondary N) is 1. The van der Waals surface area contributed by atoms with Crippen molar-refractivity contribution in [2.75, 3.05) is 0 Å². The van der Waals surface area contributed by atoms with Gasteiger partial charge in [-0.2, -0.15) is 0 Å². The number of allylic oxidation sites excluding steroid dienone is 1. The van der Waals surface area contributed by atoms with Crippen LogP contribution in [-0.4, -0.2) is 5.91 Å². The van der Waals surface area contributed by atoms with Crippen LogP contribution in [0.25, 0.3) is 0 Å². The van der Waals surface area contributed by atoms with Crippen molar-refractivity contribution in [3.8, 4) is 0 Å². The molecule has 0 saturated heterocycles. The lowest BCUT2D eigenvalue weighted by atomic mass is 10.4. The Morgan fingerprint density at radius 3 is 2.92 bits per heavy atom. The maximum absolute atomic E-state index is 11.0. The third-order valence-corrected chi connectivity index (χ3v) is 2.55.